The molecule has 1 aromatic heterocycles. The second-order valence-electron chi connectivity index (χ2n) is 7.37. The van der Waals surface area contributed by atoms with Crippen molar-refractivity contribution < 1.29 is 14.1 Å². The fourth-order valence-corrected chi connectivity index (χ4v) is 3.99. The fourth-order valence-electron chi connectivity index (χ4n) is 3.99. The van der Waals surface area contributed by atoms with E-state index in [1.165, 1.54) is 0 Å². The van der Waals surface area contributed by atoms with E-state index in [1.807, 2.05) is 11.8 Å². The fraction of sp³-hybridized carbons (Fsp3) is 0.833. The first kappa shape index (κ1) is 19.3. The Hall–Kier alpha value is -1.51. The third-order valence-corrected chi connectivity index (χ3v) is 5.74. The molecule has 2 aliphatic rings. The number of piperazine rings is 1. The standard InChI is InChI=1S/C18H31N5O3/c1-4-15-20-16(26-21-15)14(2)22-9-11-23(12-10-22)17(24)18(13-25-3)5-7-19-8-6-18/h14,19H,4-13H2,1-3H3. The number of nitrogens with one attached hydrogen (secondary N) is 1. The Morgan fingerprint density at radius 3 is 2.58 bits per heavy atom. The number of amides is 1. The molecule has 26 heavy (non-hydrogen) atoms. The molecule has 1 aromatic rings. The lowest BCUT2D eigenvalue weighted by atomic mass is 9.78. The predicted octanol–water partition coefficient (Wildman–Crippen LogP) is 0.853. The molecule has 8 nitrogen and oxygen atoms in total. The summed E-state index contributed by atoms with van der Waals surface area (Å²) in [5.41, 5.74) is -0.365. The molecule has 0 radical (unpaired) electrons. The van der Waals surface area contributed by atoms with Gasteiger partial charge in [-0.1, -0.05) is 12.1 Å². The minimum absolute atomic E-state index is 0.0758. The monoisotopic (exact) mass is 365 g/mol. The van der Waals surface area contributed by atoms with Gasteiger partial charge in [-0.25, -0.2) is 0 Å². The highest BCUT2D eigenvalue weighted by Crippen LogP contribution is 2.32. The van der Waals surface area contributed by atoms with E-state index in [4.69, 9.17) is 9.26 Å². The maximum atomic E-state index is 13.2. The van der Waals surface area contributed by atoms with Gasteiger partial charge in [0.1, 0.15) is 0 Å². The highest BCUT2D eigenvalue weighted by Gasteiger charge is 2.43. The number of aryl methyl sites for hydroxylation is 1. The second kappa shape index (κ2) is 8.45. The molecule has 3 heterocycles. The van der Waals surface area contributed by atoms with E-state index in [1.54, 1.807) is 7.11 Å². The molecular formula is C18H31N5O3. The van der Waals surface area contributed by atoms with Crippen LogP contribution >= 0.6 is 0 Å². The minimum atomic E-state index is -0.365. The lowest BCUT2D eigenvalue weighted by Crippen LogP contribution is -2.56. The van der Waals surface area contributed by atoms with Crippen LogP contribution in [0.5, 0.6) is 0 Å². The van der Waals surface area contributed by atoms with Crippen LogP contribution in [-0.4, -0.2) is 78.8 Å². The topological polar surface area (TPSA) is 83.7 Å². The molecule has 2 aliphatic heterocycles. The van der Waals surface area contributed by atoms with Crippen LogP contribution < -0.4 is 5.32 Å². The number of piperidine rings is 1. The van der Waals surface area contributed by atoms with Crippen molar-refractivity contribution >= 4 is 5.91 Å². The molecule has 1 N–H and O–H groups in total. The second-order valence-corrected chi connectivity index (χ2v) is 7.37. The normalized spacial score (nSPS) is 22.3. The van der Waals surface area contributed by atoms with E-state index in [-0.39, 0.29) is 17.4 Å². The molecule has 1 unspecified atom stereocenters. The van der Waals surface area contributed by atoms with E-state index >= 15 is 0 Å². The van der Waals surface area contributed by atoms with Gasteiger partial charge in [0.2, 0.25) is 11.8 Å². The lowest BCUT2D eigenvalue weighted by Gasteiger charge is -2.43. The van der Waals surface area contributed by atoms with Crippen LogP contribution in [0.25, 0.3) is 0 Å². The average molecular weight is 365 g/mol. The van der Waals surface area contributed by atoms with Gasteiger partial charge in [-0.15, -0.1) is 0 Å². The van der Waals surface area contributed by atoms with Crippen molar-refractivity contribution in [3.63, 3.8) is 0 Å². The number of hydrogen-bond acceptors (Lipinski definition) is 7. The third-order valence-electron chi connectivity index (χ3n) is 5.74. The van der Waals surface area contributed by atoms with Gasteiger partial charge in [0.05, 0.1) is 18.1 Å². The van der Waals surface area contributed by atoms with Crippen LogP contribution in [-0.2, 0) is 16.0 Å². The Morgan fingerprint density at radius 2 is 2.00 bits per heavy atom. The van der Waals surface area contributed by atoms with Crippen molar-refractivity contribution in [1.29, 1.82) is 0 Å². The molecule has 1 amide bonds. The van der Waals surface area contributed by atoms with Crippen molar-refractivity contribution in [1.82, 2.24) is 25.3 Å². The molecule has 0 bridgehead atoms. The SMILES string of the molecule is CCc1noc(C(C)N2CCN(C(=O)C3(COC)CCNCC3)CC2)n1. The van der Waals surface area contributed by atoms with E-state index in [0.29, 0.717) is 12.5 Å². The first-order valence-corrected chi connectivity index (χ1v) is 9.65. The summed E-state index contributed by atoms with van der Waals surface area (Å²) in [6.45, 7) is 9.46. The highest BCUT2D eigenvalue weighted by atomic mass is 16.5. The van der Waals surface area contributed by atoms with Crippen LogP contribution in [0.1, 0.15) is 44.4 Å². The molecule has 146 valence electrons. The van der Waals surface area contributed by atoms with Crippen LogP contribution in [0.3, 0.4) is 0 Å². The maximum Gasteiger partial charge on any atom is 0.243 e. The molecule has 0 saturated carbocycles. The zero-order valence-electron chi connectivity index (χ0n) is 16.2. The predicted molar refractivity (Wildman–Crippen MR) is 96.7 cm³/mol. The van der Waals surface area contributed by atoms with E-state index in [0.717, 1.165) is 64.4 Å². The van der Waals surface area contributed by atoms with E-state index in [9.17, 15) is 4.79 Å². The van der Waals surface area contributed by atoms with Crippen LogP contribution in [0.15, 0.2) is 4.52 Å². The number of carbonyl (C=O) groups excluding carboxylic acids is 1. The zero-order valence-corrected chi connectivity index (χ0v) is 16.2. The number of methoxy groups -OCH3 is 1. The quantitative estimate of drug-likeness (QED) is 0.800. The Bertz CT molecular complexity index is 586. The van der Waals surface area contributed by atoms with Gasteiger partial charge in [0.25, 0.3) is 0 Å². The summed E-state index contributed by atoms with van der Waals surface area (Å²) in [6, 6.07) is 0.0758. The van der Waals surface area contributed by atoms with E-state index in [2.05, 4.69) is 27.3 Å². The smallest absolute Gasteiger partial charge is 0.243 e. The first-order valence-electron chi connectivity index (χ1n) is 9.65. The Balaban J connectivity index is 1.59. The van der Waals surface area contributed by atoms with Crippen LogP contribution in [0.4, 0.5) is 0 Å². The molecule has 2 fully saturated rings. The lowest BCUT2D eigenvalue weighted by molar-refractivity contribution is -0.149. The Kier molecular flexibility index (Phi) is 6.26. The summed E-state index contributed by atoms with van der Waals surface area (Å²) in [5.74, 6) is 1.66. The average Bonchev–Trinajstić information content (AvgIpc) is 3.17. The van der Waals surface area contributed by atoms with Gasteiger partial charge in [0.15, 0.2) is 5.82 Å². The summed E-state index contributed by atoms with van der Waals surface area (Å²) >= 11 is 0. The molecule has 0 aliphatic carbocycles. The highest BCUT2D eigenvalue weighted by molar-refractivity contribution is 5.83. The molecule has 0 aromatic carbocycles. The summed E-state index contributed by atoms with van der Waals surface area (Å²) < 4.78 is 10.8. The number of aromatic nitrogens is 2. The number of ether oxygens (including phenoxy) is 1. The van der Waals surface area contributed by atoms with Crippen molar-refractivity contribution in [2.75, 3.05) is 53.0 Å². The minimum Gasteiger partial charge on any atom is -0.384 e. The Labute approximate surface area is 155 Å². The van der Waals surface area contributed by atoms with Gasteiger partial charge in [0, 0.05) is 39.7 Å². The molecule has 3 rings (SSSR count). The van der Waals surface area contributed by atoms with Crippen LogP contribution in [0, 0.1) is 5.41 Å². The largest absolute Gasteiger partial charge is 0.384 e. The number of nitrogens with zero attached hydrogens (tertiary/aromatic N) is 4. The van der Waals surface area contributed by atoms with Gasteiger partial charge in [-0.2, -0.15) is 4.98 Å². The van der Waals surface area contributed by atoms with Crippen molar-refractivity contribution in [2.24, 2.45) is 5.41 Å². The van der Waals surface area contributed by atoms with Crippen molar-refractivity contribution in [2.45, 2.75) is 39.2 Å². The number of rotatable bonds is 6. The van der Waals surface area contributed by atoms with E-state index < -0.39 is 0 Å². The molecule has 0 spiro atoms. The number of carbonyl (C=O) groups is 1. The van der Waals surface area contributed by atoms with Gasteiger partial charge in [-0.3, -0.25) is 9.69 Å². The summed E-state index contributed by atoms with van der Waals surface area (Å²) in [4.78, 5) is 22.0. The van der Waals surface area contributed by atoms with Crippen molar-refractivity contribution in [3.8, 4) is 0 Å². The molecule has 2 saturated heterocycles. The Morgan fingerprint density at radius 1 is 1.31 bits per heavy atom. The molecule has 1 atom stereocenters. The number of hydrogen-bond donors (Lipinski definition) is 1. The zero-order chi connectivity index (χ0) is 18.6. The summed E-state index contributed by atoms with van der Waals surface area (Å²) in [6.07, 6.45) is 2.46. The maximum absolute atomic E-state index is 13.2. The van der Waals surface area contributed by atoms with Gasteiger partial charge >= 0.3 is 0 Å². The first-order chi connectivity index (χ1) is 12.6. The van der Waals surface area contributed by atoms with Gasteiger partial charge in [-0.05, 0) is 32.9 Å². The molecular weight excluding hydrogens is 334 g/mol. The summed E-state index contributed by atoms with van der Waals surface area (Å²) in [7, 11) is 1.69. The van der Waals surface area contributed by atoms with Crippen LogP contribution in [0.2, 0.25) is 0 Å². The third kappa shape index (κ3) is 3.92. The molecule has 8 heteroatoms. The van der Waals surface area contributed by atoms with Crippen molar-refractivity contribution in [3.05, 3.63) is 11.7 Å². The van der Waals surface area contributed by atoms with Gasteiger partial charge < -0.3 is 19.5 Å². The summed E-state index contributed by atoms with van der Waals surface area (Å²) in [5, 5.41) is 7.33.